The molecule has 0 aromatic rings. The smallest absolute Gasteiger partial charge is 0.306 e. The molecule has 0 fully saturated rings. The number of allylic oxidation sites excluding steroid dienone is 20. The van der Waals surface area contributed by atoms with Gasteiger partial charge in [0.2, 0.25) is 5.91 Å². The predicted octanol–water partition coefficient (Wildman–Crippen LogP) is 16.5. The molecule has 0 radical (unpaired) electrons. The molecule has 3 unspecified atom stereocenters. The summed E-state index contributed by atoms with van der Waals surface area (Å²) in [4.78, 5) is 26.2. The number of rotatable bonds is 46. The number of carbonyl (C=O) groups is 2. The van der Waals surface area contributed by atoms with E-state index in [4.69, 9.17) is 4.74 Å². The fourth-order valence-corrected chi connectivity index (χ4v) is 7.33. The molecule has 0 bridgehead atoms. The molecule has 3 atom stereocenters. The summed E-state index contributed by atoms with van der Waals surface area (Å²) < 4.78 is 5.87. The van der Waals surface area contributed by atoms with Crippen LogP contribution in [0, 0.1) is 0 Å². The van der Waals surface area contributed by atoms with E-state index < -0.39 is 18.2 Å². The molecular weight excluding hydrogens is 815 g/mol. The van der Waals surface area contributed by atoms with Gasteiger partial charge in [0.1, 0.15) is 6.10 Å². The molecule has 0 heterocycles. The average Bonchev–Trinajstić information content (AvgIpc) is 3.31. The van der Waals surface area contributed by atoms with Crippen LogP contribution in [-0.4, -0.2) is 46.9 Å². The molecule has 0 aliphatic rings. The van der Waals surface area contributed by atoms with Gasteiger partial charge in [0.15, 0.2) is 0 Å². The van der Waals surface area contributed by atoms with Crippen LogP contribution in [-0.2, 0) is 14.3 Å². The zero-order chi connectivity index (χ0) is 48.1. The number of esters is 1. The first-order valence-corrected chi connectivity index (χ1v) is 26.8. The Balaban J connectivity index is 4.82. The van der Waals surface area contributed by atoms with E-state index in [9.17, 15) is 19.8 Å². The first-order valence-electron chi connectivity index (χ1n) is 26.8. The average molecular weight is 914 g/mol. The molecule has 0 aromatic heterocycles. The van der Waals surface area contributed by atoms with E-state index in [0.29, 0.717) is 19.3 Å². The lowest BCUT2D eigenvalue weighted by Crippen LogP contribution is -2.46. The van der Waals surface area contributed by atoms with Gasteiger partial charge in [-0.05, 0) is 96.3 Å². The highest BCUT2D eigenvalue weighted by molar-refractivity contribution is 5.77. The predicted molar refractivity (Wildman–Crippen MR) is 286 cm³/mol. The maximum absolute atomic E-state index is 13.2. The van der Waals surface area contributed by atoms with Crippen molar-refractivity contribution in [2.75, 3.05) is 6.61 Å². The van der Waals surface area contributed by atoms with Crippen LogP contribution in [0.4, 0.5) is 0 Å². The molecule has 0 aliphatic heterocycles. The van der Waals surface area contributed by atoms with Crippen molar-refractivity contribution in [2.24, 2.45) is 0 Å². The van der Waals surface area contributed by atoms with Crippen LogP contribution in [0.1, 0.15) is 220 Å². The summed E-state index contributed by atoms with van der Waals surface area (Å²) in [6.07, 6.45) is 72.7. The van der Waals surface area contributed by atoms with E-state index >= 15 is 0 Å². The lowest BCUT2D eigenvalue weighted by Gasteiger charge is -2.24. The number of aliphatic hydroxyl groups is 2. The number of hydrogen-bond acceptors (Lipinski definition) is 5. The SMILES string of the molecule is CC/C=C\C/C=C\C/C=C\C/C=C\C/C=C\CCCC(CC(=O)NC(CO)C(O)CCCCCCCCCCCCCCCC)OC(=O)CC/C=C/C/C=C/C/C=C/C/C=C/C/C=C/CC. The van der Waals surface area contributed by atoms with E-state index in [1.807, 2.05) is 6.08 Å². The van der Waals surface area contributed by atoms with Crippen LogP contribution < -0.4 is 5.32 Å². The second kappa shape index (κ2) is 52.2. The van der Waals surface area contributed by atoms with Crippen LogP contribution >= 0.6 is 0 Å². The summed E-state index contributed by atoms with van der Waals surface area (Å²) in [6.45, 7) is 6.22. The minimum atomic E-state index is -0.823. The van der Waals surface area contributed by atoms with Gasteiger partial charge in [-0.1, -0.05) is 232 Å². The Morgan fingerprint density at radius 2 is 0.818 bits per heavy atom. The van der Waals surface area contributed by atoms with Gasteiger partial charge in [-0.2, -0.15) is 0 Å². The lowest BCUT2D eigenvalue weighted by molar-refractivity contribution is -0.150. The number of ether oxygens (including phenoxy) is 1. The highest BCUT2D eigenvalue weighted by Gasteiger charge is 2.23. The van der Waals surface area contributed by atoms with E-state index in [1.165, 1.54) is 70.6 Å². The van der Waals surface area contributed by atoms with Gasteiger partial charge in [0.25, 0.3) is 0 Å². The normalized spacial score (nSPS) is 14.2. The molecule has 0 spiro atoms. The third-order valence-corrected chi connectivity index (χ3v) is 11.3. The molecule has 6 heteroatoms. The van der Waals surface area contributed by atoms with Crippen LogP contribution in [0.2, 0.25) is 0 Å². The Hall–Kier alpha value is -3.74. The second-order valence-electron chi connectivity index (χ2n) is 17.5. The quantitative estimate of drug-likeness (QED) is 0.0321. The maximum Gasteiger partial charge on any atom is 0.306 e. The molecule has 0 rings (SSSR count). The minimum Gasteiger partial charge on any atom is -0.462 e. The Labute approximate surface area is 406 Å². The number of carbonyl (C=O) groups excluding carboxylic acids is 2. The van der Waals surface area contributed by atoms with Crippen LogP contribution in [0.3, 0.4) is 0 Å². The van der Waals surface area contributed by atoms with Gasteiger partial charge in [-0.25, -0.2) is 0 Å². The topological polar surface area (TPSA) is 95.9 Å². The Morgan fingerprint density at radius 1 is 0.455 bits per heavy atom. The number of hydrogen-bond donors (Lipinski definition) is 3. The standard InChI is InChI=1S/C60H99NO5/c1-4-7-10-13-16-19-22-25-28-30-31-33-36-39-42-45-48-51-56(66-60(65)53-50-47-44-41-38-35-32-29-26-23-20-17-14-11-8-5-2)54-59(64)61-57(55-62)58(63)52-49-46-43-40-37-34-27-24-21-18-15-12-9-6-3/h7-8,10-11,16-17,19-20,25-26,28-29,31,33,35,38-39,42,44,47,56-58,62-63H,4-6,9,12-15,18,21-24,27,30,32,34,36-37,40-41,43,45-46,48-55H2,1-3H3,(H,61,64)/b10-7-,11-8+,19-16-,20-17+,28-25-,29-26+,33-31-,38-35+,42-39-,47-44+. The van der Waals surface area contributed by atoms with Crippen molar-refractivity contribution in [1.29, 1.82) is 0 Å². The number of aliphatic hydroxyl groups excluding tert-OH is 2. The molecule has 0 aromatic carbocycles. The van der Waals surface area contributed by atoms with Crippen molar-refractivity contribution in [3.05, 3.63) is 122 Å². The molecule has 6 nitrogen and oxygen atoms in total. The van der Waals surface area contributed by atoms with Gasteiger partial charge < -0.3 is 20.3 Å². The minimum absolute atomic E-state index is 0.00114. The van der Waals surface area contributed by atoms with Crippen molar-refractivity contribution in [3.63, 3.8) is 0 Å². The zero-order valence-corrected chi connectivity index (χ0v) is 42.5. The molecule has 0 saturated heterocycles. The number of amides is 1. The summed E-state index contributed by atoms with van der Waals surface area (Å²) in [5.74, 6) is -0.639. The molecule has 374 valence electrons. The Kier molecular flexibility index (Phi) is 49.3. The van der Waals surface area contributed by atoms with Crippen molar-refractivity contribution in [3.8, 4) is 0 Å². The number of nitrogens with one attached hydrogen (secondary N) is 1. The highest BCUT2D eigenvalue weighted by atomic mass is 16.5. The first-order chi connectivity index (χ1) is 32.5. The van der Waals surface area contributed by atoms with Gasteiger partial charge in [-0.15, -0.1) is 0 Å². The molecule has 0 aliphatic carbocycles. The zero-order valence-electron chi connectivity index (χ0n) is 42.5. The van der Waals surface area contributed by atoms with Gasteiger partial charge in [0.05, 0.1) is 25.2 Å². The van der Waals surface area contributed by atoms with E-state index in [-0.39, 0.29) is 31.3 Å². The van der Waals surface area contributed by atoms with Gasteiger partial charge >= 0.3 is 5.97 Å². The summed E-state index contributed by atoms with van der Waals surface area (Å²) in [7, 11) is 0. The largest absolute Gasteiger partial charge is 0.462 e. The molecule has 1 amide bonds. The van der Waals surface area contributed by atoms with Crippen LogP contribution in [0.25, 0.3) is 0 Å². The van der Waals surface area contributed by atoms with Gasteiger partial charge in [0, 0.05) is 6.42 Å². The summed E-state index contributed by atoms with van der Waals surface area (Å²) >= 11 is 0. The summed E-state index contributed by atoms with van der Waals surface area (Å²) in [5.41, 5.74) is 0. The van der Waals surface area contributed by atoms with E-state index in [1.54, 1.807) is 0 Å². The van der Waals surface area contributed by atoms with Crippen molar-refractivity contribution in [1.82, 2.24) is 5.32 Å². The van der Waals surface area contributed by atoms with E-state index in [2.05, 4.69) is 142 Å². The molecular formula is C60H99NO5. The fraction of sp³-hybridized carbons (Fsp3) is 0.633. The highest BCUT2D eigenvalue weighted by Crippen LogP contribution is 2.16. The summed E-state index contributed by atoms with van der Waals surface area (Å²) in [5, 5.41) is 23.8. The Morgan fingerprint density at radius 3 is 1.21 bits per heavy atom. The van der Waals surface area contributed by atoms with Crippen LogP contribution in [0.15, 0.2) is 122 Å². The third kappa shape index (κ3) is 46.8. The van der Waals surface area contributed by atoms with E-state index in [0.717, 1.165) is 96.3 Å². The fourth-order valence-electron chi connectivity index (χ4n) is 7.33. The van der Waals surface area contributed by atoms with Crippen LogP contribution in [0.5, 0.6) is 0 Å². The molecule has 66 heavy (non-hydrogen) atoms. The molecule has 0 saturated carbocycles. The van der Waals surface area contributed by atoms with Gasteiger partial charge in [-0.3, -0.25) is 9.59 Å². The lowest BCUT2D eigenvalue weighted by atomic mass is 10.0. The summed E-state index contributed by atoms with van der Waals surface area (Å²) in [6, 6.07) is -0.743. The monoisotopic (exact) mass is 914 g/mol. The maximum atomic E-state index is 13.2. The second-order valence-corrected chi connectivity index (χ2v) is 17.5. The van der Waals surface area contributed by atoms with Crippen molar-refractivity contribution >= 4 is 11.9 Å². The first kappa shape index (κ1) is 62.3. The van der Waals surface area contributed by atoms with Crippen molar-refractivity contribution in [2.45, 2.75) is 238 Å². The Bertz CT molecular complexity index is 1390. The van der Waals surface area contributed by atoms with Crippen molar-refractivity contribution < 1.29 is 24.5 Å². The third-order valence-electron chi connectivity index (χ3n) is 11.3. The number of unbranched alkanes of at least 4 members (excludes halogenated alkanes) is 14. The molecule has 3 N–H and O–H groups in total.